The van der Waals surface area contributed by atoms with Crippen LogP contribution in [0.25, 0.3) is 11.3 Å². The molecule has 2 N–H and O–H groups in total. The van der Waals surface area contributed by atoms with Crippen LogP contribution < -0.4 is 10.6 Å². The second-order valence-corrected chi connectivity index (χ2v) is 24.9. The van der Waals surface area contributed by atoms with Crippen LogP contribution in [0.3, 0.4) is 0 Å². The molecular formula is C60H67ClN6O11S. The monoisotopic (exact) mass is 1110 g/mol. The molecule has 416 valence electrons. The van der Waals surface area contributed by atoms with E-state index in [1.807, 2.05) is 63.2 Å². The number of ether oxygens (including phenoxy) is 5. The number of aryl methyl sites for hydroxylation is 1. The molecule has 4 aliphatic heterocycles. The summed E-state index contributed by atoms with van der Waals surface area (Å²) in [4.78, 5) is 73.7. The van der Waals surface area contributed by atoms with Crippen LogP contribution in [0.15, 0.2) is 104 Å². The van der Waals surface area contributed by atoms with Crippen LogP contribution >= 0.6 is 23.4 Å². The number of furan rings is 1. The van der Waals surface area contributed by atoms with E-state index in [0.717, 1.165) is 39.4 Å². The van der Waals surface area contributed by atoms with E-state index in [4.69, 9.17) is 44.7 Å². The van der Waals surface area contributed by atoms with Crippen molar-refractivity contribution in [3.05, 3.63) is 128 Å². The van der Waals surface area contributed by atoms with Crippen LogP contribution in [0, 0.1) is 40.9 Å². The van der Waals surface area contributed by atoms with Gasteiger partial charge >= 0.3 is 11.9 Å². The molecule has 2 aromatic carbocycles. The van der Waals surface area contributed by atoms with Crippen LogP contribution in [0.1, 0.15) is 113 Å². The average molecular weight is 1120 g/mol. The molecule has 79 heavy (non-hydrogen) atoms. The first kappa shape index (κ1) is 54.8. The van der Waals surface area contributed by atoms with Crippen molar-refractivity contribution in [1.82, 2.24) is 25.4 Å². The molecule has 1 saturated carbocycles. The lowest BCUT2D eigenvalue weighted by atomic mass is 9.42. The van der Waals surface area contributed by atoms with Crippen molar-refractivity contribution in [2.24, 2.45) is 39.0 Å². The van der Waals surface area contributed by atoms with Gasteiger partial charge in [0, 0.05) is 57.5 Å². The van der Waals surface area contributed by atoms with Gasteiger partial charge in [0.1, 0.15) is 34.7 Å². The van der Waals surface area contributed by atoms with Gasteiger partial charge in [-0.1, -0.05) is 66.9 Å². The Kier molecular flexibility index (Phi) is 14.4. The minimum absolute atomic E-state index is 0.0216. The number of benzene rings is 2. The molecule has 12 unspecified atom stereocenters. The van der Waals surface area contributed by atoms with Gasteiger partial charge in [0.2, 0.25) is 5.91 Å². The maximum Gasteiger partial charge on any atom is 0.316 e. The van der Waals surface area contributed by atoms with Gasteiger partial charge in [-0.05, 0) is 106 Å². The number of carbonyl (C=O) groups excluding carboxylic acids is 5. The smallest absolute Gasteiger partial charge is 0.316 e. The first-order chi connectivity index (χ1) is 37.7. The maximum absolute atomic E-state index is 14.2. The lowest BCUT2D eigenvalue weighted by Gasteiger charge is -2.59. The number of esters is 2. The number of thioether (sulfide) groups is 1. The number of nitrogens with one attached hydrogen (secondary N) is 2. The summed E-state index contributed by atoms with van der Waals surface area (Å²) in [5.74, 6) is -0.510. The Balaban J connectivity index is 0.657. The zero-order chi connectivity index (χ0) is 55.9. The van der Waals surface area contributed by atoms with E-state index in [1.54, 1.807) is 36.2 Å². The number of aromatic nitrogens is 3. The van der Waals surface area contributed by atoms with Gasteiger partial charge in [0.05, 0.1) is 75.8 Å². The molecule has 3 aliphatic carbocycles. The molecule has 7 aliphatic rings. The SMILES string of the molecule is COC(=O)CC1C2(C)C3=C(C)C(c4ccoc4-c4ccc(C(=O)NCCOCCOCCNC(=O)CC5N=C(c6ccc(Cl)cc6)C6C(C)=C(C)SC6(C)n6c(C)nnc65)cc4)CC3OC2C2OC(=O)C3(C)C=CC(=O)C1(C)C23. The third-order valence-electron chi connectivity index (χ3n) is 18.5. The number of allylic oxidation sites excluding steroid dienone is 4. The molecule has 0 bridgehead atoms. The lowest BCUT2D eigenvalue weighted by Crippen LogP contribution is -2.66. The number of nitrogens with zero attached hydrogens (tertiary/aromatic N) is 4. The second kappa shape index (κ2) is 20.7. The molecule has 2 saturated heterocycles. The van der Waals surface area contributed by atoms with E-state index in [9.17, 15) is 24.0 Å². The van der Waals surface area contributed by atoms with Crippen molar-refractivity contribution in [1.29, 1.82) is 0 Å². The van der Waals surface area contributed by atoms with Crippen molar-refractivity contribution in [3.63, 3.8) is 0 Å². The Morgan fingerprint density at radius 2 is 1.54 bits per heavy atom. The molecule has 0 radical (unpaired) electrons. The maximum atomic E-state index is 14.2. The Morgan fingerprint density at radius 3 is 2.25 bits per heavy atom. The van der Waals surface area contributed by atoms with Crippen molar-refractivity contribution >= 4 is 58.6 Å². The van der Waals surface area contributed by atoms with Crippen LogP contribution in [-0.2, 0) is 47.7 Å². The highest BCUT2D eigenvalue weighted by Crippen LogP contribution is 2.72. The molecular weight excluding hydrogens is 1050 g/mol. The van der Waals surface area contributed by atoms with Gasteiger partial charge in [0.25, 0.3) is 5.91 Å². The summed E-state index contributed by atoms with van der Waals surface area (Å²) in [6.07, 6.45) is 3.92. The average Bonchev–Trinajstić information content (AvgIpc) is 2.18. The fraction of sp³-hybridized carbons (Fsp3) is 0.500. The normalized spacial score (nSPS) is 31.9. The van der Waals surface area contributed by atoms with Crippen LogP contribution in [-0.4, -0.2) is 115 Å². The Morgan fingerprint density at radius 1 is 0.848 bits per heavy atom. The largest absolute Gasteiger partial charge is 0.469 e. The molecule has 11 rings (SSSR count). The van der Waals surface area contributed by atoms with E-state index >= 15 is 0 Å². The Bertz CT molecular complexity index is 3270. The van der Waals surface area contributed by atoms with Gasteiger partial charge in [-0.15, -0.1) is 22.0 Å². The van der Waals surface area contributed by atoms with Crippen LogP contribution in [0.2, 0.25) is 5.02 Å². The molecule has 2 amide bonds. The number of ketones is 1. The molecule has 17 nitrogen and oxygen atoms in total. The third kappa shape index (κ3) is 8.86. The quantitative estimate of drug-likeness (QED) is 0.0575. The number of fused-ring (bicyclic) bond motifs is 7. The zero-order valence-electron chi connectivity index (χ0n) is 46.0. The minimum Gasteiger partial charge on any atom is -0.469 e. The number of halogens is 1. The predicted octanol–water partition coefficient (Wildman–Crippen LogP) is 8.81. The summed E-state index contributed by atoms with van der Waals surface area (Å²) < 4.78 is 38.2. The molecule has 2 aromatic heterocycles. The van der Waals surface area contributed by atoms with Crippen LogP contribution in [0.5, 0.6) is 0 Å². The van der Waals surface area contributed by atoms with Gasteiger partial charge in [0.15, 0.2) is 11.6 Å². The number of aliphatic imine (C=N–C) groups is 1. The predicted molar refractivity (Wildman–Crippen MR) is 295 cm³/mol. The first-order valence-corrected chi connectivity index (χ1v) is 28.3. The first-order valence-electron chi connectivity index (χ1n) is 27.1. The Hall–Kier alpha value is -6.18. The summed E-state index contributed by atoms with van der Waals surface area (Å²) in [7, 11) is 1.35. The highest BCUT2D eigenvalue weighted by Gasteiger charge is 2.78. The summed E-state index contributed by atoms with van der Waals surface area (Å²) in [6, 6.07) is 16.3. The molecule has 0 spiro atoms. The summed E-state index contributed by atoms with van der Waals surface area (Å²) in [6.45, 7) is 18.1. The molecule has 4 aromatic rings. The summed E-state index contributed by atoms with van der Waals surface area (Å²) in [5.41, 5.74) is 4.42. The van der Waals surface area contributed by atoms with E-state index in [0.29, 0.717) is 48.4 Å². The number of rotatable bonds is 17. The third-order valence-corrected chi connectivity index (χ3v) is 20.2. The standard InChI is InChI=1S/C60H67ClN6O11S/c1-31-33(3)79-60(8)48(31)49(35-14-16-38(61)17-15-35)64-41(54-66-65-34(4)67(54)60)29-45(69)62-21-24-74-26-27-75-25-22-63-55(71)37-12-10-36(11-13-37)50-39(19-23-76-50)40-28-42-47(32(40)2)59(7)43(30-46(70)73-9)58(6)44(68)18-20-57(5)52(58)51(53(59)77-42)78-56(57)72/h10-20,23,40-43,48,51-53H,21-22,24-30H2,1-9H3,(H,62,69)(H,63,71). The number of methoxy groups -OCH3 is 1. The molecule has 19 heteroatoms. The van der Waals surface area contributed by atoms with Gasteiger partial charge in [-0.25, -0.2) is 0 Å². The van der Waals surface area contributed by atoms with Crippen molar-refractivity contribution in [2.45, 2.75) is 110 Å². The molecule has 12 atom stereocenters. The van der Waals surface area contributed by atoms with Crippen LogP contribution in [0.4, 0.5) is 0 Å². The highest BCUT2D eigenvalue weighted by atomic mass is 35.5. The van der Waals surface area contributed by atoms with Gasteiger partial charge < -0.3 is 38.7 Å². The van der Waals surface area contributed by atoms with E-state index in [2.05, 4.69) is 60.0 Å². The highest BCUT2D eigenvalue weighted by molar-refractivity contribution is 8.04. The number of amides is 2. The fourth-order valence-electron chi connectivity index (χ4n) is 14.8. The van der Waals surface area contributed by atoms with Gasteiger partial charge in [-0.3, -0.25) is 33.5 Å². The number of hydrogen-bond donors (Lipinski definition) is 2. The minimum atomic E-state index is -1.11. The number of carbonyl (C=O) groups is 5. The van der Waals surface area contributed by atoms with E-state index < -0.39 is 57.2 Å². The summed E-state index contributed by atoms with van der Waals surface area (Å²) >= 11 is 8.07. The lowest BCUT2D eigenvalue weighted by molar-refractivity contribution is -0.190. The Labute approximate surface area is 468 Å². The fourth-order valence-corrected chi connectivity index (χ4v) is 16.6. The van der Waals surface area contributed by atoms with Crippen molar-refractivity contribution in [2.75, 3.05) is 46.6 Å². The topological polar surface area (TPSA) is 212 Å². The summed E-state index contributed by atoms with van der Waals surface area (Å²) in [5, 5.41) is 15.6. The van der Waals surface area contributed by atoms with Crippen molar-refractivity contribution in [3.8, 4) is 11.3 Å². The van der Waals surface area contributed by atoms with E-state index in [-0.39, 0.29) is 74.1 Å². The second-order valence-electron chi connectivity index (χ2n) is 22.8. The molecule has 3 fully saturated rings. The molecule has 6 heterocycles. The van der Waals surface area contributed by atoms with Gasteiger partial charge in [-0.2, -0.15) is 0 Å². The zero-order valence-corrected chi connectivity index (χ0v) is 47.5. The number of hydrogen-bond acceptors (Lipinski definition) is 15. The van der Waals surface area contributed by atoms with E-state index in [1.165, 1.54) is 23.7 Å². The van der Waals surface area contributed by atoms with Crippen molar-refractivity contribution < 1.29 is 52.1 Å².